The van der Waals surface area contributed by atoms with Crippen molar-refractivity contribution in [2.75, 3.05) is 6.54 Å². The standard InChI is InChI=1S/C14H15Cl2N5O3/c1-14(2,17)7-18-13(22)11-3-4-20(19-11)12-9(15)5-8(21(23)24)6-10(12)16/h3-6H,7,17H2,1-2H3,(H,18,22). The van der Waals surface area contributed by atoms with Gasteiger partial charge in [0.25, 0.3) is 11.6 Å². The van der Waals surface area contributed by atoms with E-state index in [1.54, 1.807) is 13.8 Å². The molecule has 0 spiro atoms. The Kier molecular flexibility index (Phi) is 5.12. The van der Waals surface area contributed by atoms with Crippen LogP contribution >= 0.6 is 23.2 Å². The van der Waals surface area contributed by atoms with E-state index in [1.165, 1.54) is 29.1 Å². The fraction of sp³-hybridized carbons (Fsp3) is 0.286. The number of nitro benzene ring substituents is 1. The summed E-state index contributed by atoms with van der Waals surface area (Å²) in [5.74, 6) is -0.401. The van der Waals surface area contributed by atoms with Crippen LogP contribution in [0, 0.1) is 10.1 Å². The lowest BCUT2D eigenvalue weighted by Crippen LogP contribution is -2.45. The third-order valence-corrected chi connectivity index (χ3v) is 3.54. The predicted octanol–water partition coefficient (Wildman–Crippen LogP) is 2.55. The van der Waals surface area contributed by atoms with Crippen molar-refractivity contribution >= 4 is 34.8 Å². The summed E-state index contributed by atoms with van der Waals surface area (Å²) in [6.45, 7) is 3.84. The van der Waals surface area contributed by atoms with Crippen LogP contribution in [0.5, 0.6) is 0 Å². The molecular weight excluding hydrogens is 357 g/mol. The van der Waals surface area contributed by atoms with Crippen molar-refractivity contribution in [2.24, 2.45) is 5.73 Å². The number of hydrogen-bond donors (Lipinski definition) is 2. The number of nitrogens with one attached hydrogen (secondary N) is 1. The zero-order valence-corrected chi connectivity index (χ0v) is 14.4. The van der Waals surface area contributed by atoms with Gasteiger partial charge in [-0.25, -0.2) is 4.68 Å². The lowest BCUT2D eigenvalue weighted by atomic mass is 10.1. The Hall–Kier alpha value is -2.16. The quantitative estimate of drug-likeness (QED) is 0.618. The van der Waals surface area contributed by atoms with E-state index in [2.05, 4.69) is 10.4 Å². The molecule has 0 fully saturated rings. The average Bonchev–Trinajstić information content (AvgIpc) is 2.92. The fourth-order valence-corrected chi connectivity index (χ4v) is 2.49. The molecule has 0 unspecified atom stereocenters. The number of rotatable bonds is 5. The Labute approximate surface area is 147 Å². The van der Waals surface area contributed by atoms with E-state index in [0.717, 1.165) is 0 Å². The van der Waals surface area contributed by atoms with Gasteiger partial charge in [-0.1, -0.05) is 23.2 Å². The number of benzene rings is 1. The van der Waals surface area contributed by atoms with Crippen LogP contribution in [0.4, 0.5) is 5.69 Å². The van der Waals surface area contributed by atoms with Gasteiger partial charge in [-0.15, -0.1) is 0 Å². The molecule has 0 radical (unpaired) electrons. The first-order valence-electron chi connectivity index (χ1n) is 6.85. The minimum atomic E-state index is -0.599. The lowest BCUT2D eigenvalue weighted by molar-refractivity contribution is -0.384. The van der Waals surface area contributed by atoms with Crippen molar-refractivity contribution in [3.05, 3.63) is 50.2 Å². The molecule has 8 nitrogen and oxygen atoms in total. The maximum absolute atomic E-state index is 12.1. The zero-order valence-electron chi connectivity index (χ0n) is 12.9. The van der Waals surface area contributed by atoms with Gasteiger partial charge in [0.1, 0.15) is 5.69 Å². The van der Waals surface area contributed by atoms with Gasteiger partial charge >= 0.3 is 0 Å². The van der Waals surface area contributed by atoms with Gasteiger partial charge in [-0.2, -0.15) is 5.10 Å². The number of carbonyl (C=O) groups excluding carboxylic acids is 1. The maximum Gasteiger partial charge on any atom is 0.272 e. The Morgan fingerprint density at radius 2 is 2.00 bits per heavy atom. The van der Waals surface area contributed by atoms with Crippen molar-refractivity contribution in [1.29, 1.82) is 0 Å². The van der Waals surface area contributed by atoms with Gasteiger partial charge in [0, 0.05) is 30.4 Å². The number of carbonyl (C=O) groups is 1. The highest BCUT2D eigenvalue weighted by molar-refractivity contribution is 6.38. The van der Waals surface area contributed by atoms with E-state index in [9.17, 15) is 14.9 Å². The van der Waals surface area contributed by atoms with E-state index in [1.807, 2.05) is 0 Å². The van der Waals surface area contributed by atoms with Crippen LogP contribution in [-0.2, 0) is 0 Å². The van der Waals surface area contributed by atoms with Crippen LogP contribution in [0.15, 0.2) is 24.4 Å². The summed E-state index contributed by atoms with van der Waals surface area (Å²) in [6.07, 6.45) is 1.49. The molecule has 1 aromatic heterocycles. The molecule has 1 heterocycles. The van der Waals surface area contributed by atoms with E-state index in [4.69, 9.17) is 28.9 Å². The van der Waals surface area contributed by atoms with E-state index >= 15 is 0 Å². The summed E-state index contributed by atoms with van der Waals surface area (Å²) in [7, 11) is 0. The van der Waals surface area contributed by atoms with E-state index in [0.29, 0.717) is 0 Å². The van der Waals surface area contributed by atoms with Crippen molar-refractivity contribution < 1.29 is 9.72 Å². The monoisotopic (exact) mass is 371 g/mol. The maximum atomic E-state index is 12.1. The topological polar surface area (TPSA) is 116 Å². The van der Waals surface area contributed by atoms with Gasteiger partial charge < -0.3 is 11.1 Å². The zero-order chi connectivity index (χ0) is 18.1. The van der Waals surface area contributed by atoms with Gasteiger partial charge in [0.2, 0.25) is 0 Å². The molecule has 2 aromatic rings. The summed E-state index contributed by atoms with van der Waals surface area (Å²) >= 11 is 12.1. The van der Waals surface area contributed by atoms with Crippen molar-refractivity contribution in [3.8, 4) is 5.69 Å². The molecule has 1 amide bonds. The number of non-ortho nitro benzene ring substituents is 1. The highest BCUT2D eigenvalue weighted by Crippen LogP contribution is 2.32. The smallest absolute Gasteiger partial charge is 0.272 e. The van der Waals surface area contributed by atoms with Crippen LogP contribution in [0.2, 0.25) is 10.0 Å². The summed E-state index contributed by atoms with van der Waals surface area (Å²) in [5, 5.41) is 17.7. The van der Waals surface area contributed by atoms with Crippen molar-refractivity contribution in [3.63, 3.8) is 0 Å². The second-order valence-corrected chi connectivity index (χ2v) is 6.65. The number of aromatic nitrogens is 2. The Bertz CT molecular complexity index is 775. The number of amides is 1. The molecule has 0 aliphatic carbocycles. The molecule has 0 saturated carbocycles. The number of halogens is 2. The molecule has 24 heavy (non-hydrogen) atoms. The molecule has 0 aliphatic rings. The molecule has 1 aromatic carbocycles. The summed E-state index contributed by atoms with van der Waals surface area (Å²) in [4.78, 5) is 22.3. The normalized spacial score (nSPS) is 11.4. The molecule has 2 rings (SSSR count). The third-order valence-electron chi connectivity index (χ3n) is 2.97. The average molecular weight is 372 g/mol. The number of nitrogens with zero attached hydrogens (tertiary/aromatic N) is 3. The first kappa shape index (κ1) is 18.2. The SMILES string of the molecule is CC(C)(N)CNC(=O)c1ccn(-c2c(Cl)cc([N+](=O)[O-])cc2Cl)n1. The van der Waals surface area contributed by atoms with Gasteiger partial charge in [0.05, 0.1) is 15.0 Å². The van der Waals surface area contributed by atoms with Crippen LogP contribution in [0.1, 0.15) is 24.3 Å². The predicted molar refractivity (Wildman–Crippen MR) is 90.8 cm³/mol. The Morgan fingerprint density at radius 3 is 2.50 bits per heavy atom. The first-order valence-corrected chi connectivity index (χ1v) is 7.60. The van der Waals surface area contributed by atoms with Crippen LogP contribution in [0.3, 0.4) is 0 Å². The Balaban J connectivity index is 2.28. The van der Waals surface area contributed by atoms with Gasteiger partial charge in [-0.3, -0.25) is 14.9 Å². The number of nitro groups is 1. The van der Waals surface area contributed by atoms with E-state index in [-0.39, 0.29) is 33.7 Å². The molecule has 0 bridgehead atoms. The van der Waals surface area contributed by atoms with Crippen LogP contribution in [-0.4, -0.2) is 32.7 Å². The highest BCUT2D eigenvalue weighted by Gasteiger charge is 2.19. The largest absolute Gasteiger partial charge is 0.349 e. The highest BCUT2D eigenvalue weighted by atomic mass is 35.5. The second kappa shape index (κ2) is 6.76. The molecule has 0 saturated heterocycles. The fourth-order valence-electron chi connectivity index (χ4n) is 1.84. The first-order chi connectivity index (χ1) is 11.1. The van der Waals surface area contributed by atoms with E-state index < -0.39 is 16.4 Å². The third kappa shape index (κ3) is 4.22. The minimum absolute atomic E-state index is 0.0485. The van der Waals surface area contributed by atoms with Crippen LogP contribution < -0.4 is 11.1 Å². The Morgan fingerprint density at radius 1 is 1.42 bits per heavy atom. The molecule has 0 atom stereocenters. The summed E-state index contributed by atoms with van der Waals surface area (Å²) in [6, 6.07) is 3.81. The molecule has 128 valence electrons. The number of hydrogen-bond acceptors (Lipinski definition) is 5. The number of nitrogens with two attached hydrogens (primary N) is 1. The summed E-state index contributed by atoms with van der Waals surface area (Å²) in [5.41, 5.74) is 5.42. The molecule has 3 N–H and O–H groups in total. The molecule has 0 aliphatic heterocycles. The molecule has 10 heteroatoms. The second-order valence-electron chi connectivity index (χ2n) is 5.83. The minimum Gasteiger partial charge on any atom is -0.349 e. The van der Waals surface area contributed by atoms with Crippen LogP contribution in [0.25, 0.3) is 5.69 Å². The van der Waals surface area contributed by atoms with Crippen molar-refractivity contribution in [1.82, 2.24) is 15.1 Å². The summed E-state index contributed by atoms with van der Waals surface area (Å²) < 4.78 is 1.29. The van der Waals surface area contributed by atoms with Gasteiger partial charge in [-0.05, 0) is 19.9 Å². The van der Waals surface area contributed by atoms with Crippen molar-refractivity contribution in [2.45, 2.75) is 19.4 Å². The molecular formula is C14H15Cl2N5O3. The van der Waals surface area contributed by atoms with Gasteiger partial charge in [0.15, 0.2) is 5.69 Å². The lowest BCUT2D eigenvalue weighted by Gasteiger charge is -2.18.